The number of nitrogens with zero attached hydrogens (tertiary/aromatic N) is 1. The zero-order valence-corrected chi connectivity index (χ0v) is 28.6. The van der Waals surface area contributed by atoms with Crippen molar-refractivity contribution in [1.29, 1.82) is 0 Å². The molecule has 0 heterocycles. The molecule has 2 amide bonds. The maximum Gasteiger partial charge on any atom is 0.227 e. The molecule has 0 saturated heterocycles. The number of rotatable bonds is 21. The van der Waals surface area contributed by atoms with Gasteiger partial charge < -0.3 is 41.6 Å². The van der Waals surface area contributed by atoms with Gasteiger partial charge in [-0.05, 0) is 57.5 Å². The van der Waals surface area contributed by atoms with Crippen molar-refractivity contribution < 1.29 is 29.1 Å². The van der Waals surface area contributed by atoms with Gasteiger partial charge in [0.2, 0.25) is 11.8 Å². The second-order valence-electron chi connectivity index (χ2n) is 11.6. The topological polar surface area (TPSA) is 181 Å². The van der Waals surface area contributed by atoms with Crippen LogP contribution in [0.2, 0.25) is 0 Å². The average Bonchev–Trinajstić information content (AvgIpc) is 2.93. The van der Waals surface area contributed by atoms with Crippen molar-refractivity contribution in [2.24, 2.45) is 28.2 Å². The van der Waals surface area contributed by atoms with Crippen molar-refractivity contribution >= 4 is 18.1 Å². The molecule has 12 heteroatoms. The summed E-state index contributed by atoms with van der Waals surface area (Å²) in [6.07, 6.45) is 3.86. The number of aliphatic hydroxyl groups excluding tert-OH is 1. The smallest absolute Gasteiger partial charge is 0.227 e. The first-order chi connectivity index (χ1) is 19.8. The SMILES string of the molecule is CCCN.CCN.CNOCC(C)(C)CC(=O)NCCCN(CC=O)CCCNC(=O)C(C)(C)COCC(C)C.CO. The third-order valence-electron chi connectivity index (χ3n) is 5.31. The van der Waals surface area contributed by atoms with Gasteiger partial charge in [-0.2, -0.15) is 0 Å². The molecule has 0 rings (SSSR count). The van der Waals surface area contributed by atoms with Crippen LogP contribution in [0.25, 0.3) is 0 Å². The Kier molecular flexibility index (Phi) is 36.3. The van der Waals surface area contributed by atoms with Gasteiger partial charge in [0, 0.05) is 53.4 Å². The Labute approximate surface area is 257 Å². The van der Waals surface area contributed by atoms with Gasteiger partial charge in [0.05, 0.1) is 25.2 Å². The first kappa shape index (κ1) is 47.3. The second kappa shape index (κ2) is 32.2. The van der Waals surface area contributed by atoms with Gasteiger partial charge in [-0.25, -0.2) is 5.48 Å². The standard InChI is InChI=1S/C24H48N4O5.C3H9N.C2H7N.CH4O/c1-20(2)17-32-19-24(5,6)22(31)27-11-9-13-28(14-15-29)12-8-10-26-21(30)16-23(3,4)18-33-25-7;1-2-3-4;1-2-3;1-2/h15,20,25H,8-14,16-19H2,1-7H3,(H,26,30)(H,27,31);2-4H2,1H3;2-3H2,1H3;2H,1H3. The number of ether oxygens (including phenoxy) is 1. The molecule has 0 fully saturated rings. The minimum Gasteiger partial charge on any atom is -0.400 e. The van der Waals surface area contributed by atoms with E-state index in [2.05, 4.69) is 36.9 Å². The highest BCUT2D eigenvalue weighted by molar-refractivity contribution is 5.81. The van der Waals surface area contributed by atoms with Crippen LogP contribution in [0.1, 0.15) is 81.1 Å². The van der Waals surface area contributed by atoms with Crippen LogP contribution < -0.4 is 27.6 Å². The summed E-state index contributed by atoms with van der Waals surface area (Å²) in [4.78, 5) is 42.8. The van der Waals surface area contributed by atoms with E-state index in [-0.39, 0.29) is 17.2 Å². The highest BCUT2D eigenvalue weighted by Crippen LogP contribution is 2.20. The minimum atomic E-state index is -0.580. The Morgan fingerprint density at radius 3 is 1.90 bits per heavy atom. The van der Waals surface area contributed by atoms with Crippen molar-refractivity contribution in [3.05, 3.63) is 0 Å². The Hall–Kier alpha value is -1.67. The summed E-state index contributed by atoms with van der Waals surface area (Å²) in [5, 5.41) is 12.9. The second-order valence-corrected chi connectivity index (χ2v) is 11.6. The molecular formula is C30H68N6O6. The van der Waals surface area contributed by atoms with E-state index in [0.717, 1.165) is 45.7 Å². The van der Waals surface area contributed by atoms with E-state index in [9.17, 15) is 14.4 Å². The molecule has 8 N–H and O–H groups in total. The number of hydrogen-bond donors (Lipinski definition) is 6. The molecular weight excluding hydrogens is 540 g/mol. The molecule has 0 aromatic heterocycles. The third kappa shape index (κ3) is 34.5. The lowest BCUT2D eigenvalue weighted by molar-refractivity contribution is -0.132. The van der Waals surface area contributed by atoms with Crippen LogP contribution in [0.15, 0.2) is 0 Å². The number of amides is 2. The Balaban J connectivity index is -0.000000705. The molecule has 0 atom stereocenters. The summed E-state index contributed by atoms with van der Waals surface area (Å²) >= 11 is 0. The molecule has 0 aromatic carbocycles. The van der Waals surface area contributed by atoms with Crippen molar-refractivity contribution in [3.63, 3.8) is 0 Å². The largest absolute Gasteiger partial charge is 0.400 e. The normalized spacial score (nSPS) is 10.9. The lowest BCUT2D eigenvalue weighted by Crippen LogP contribution is -2.41. The van der Waals surface area contributed by atoms with Gasteiger partial charge in [0.15, 0.2) is 0 Å². The fourth-order valence-corrected chi connectivity index (χ4v) is 3.11. The van der Waals surface area contributed by atoms with Crippen molar-refractivity contribution in [2.45, 2.75) is 81.1 Å². The van der Waals surface area contributed by atoms with Crippen molar-refractivity contribution in [1.82, 2.24) is 21.0 Å². The molecule has 12 nitrogen and oxygen atoms in total. The molecule has 0 radical (unpaired) electrons. The Morgan fingerprint density at radius 1 is 0.976 bits per heavy atom. The van der Waals surface area contributed by atoms with E-state index in [1.807, 2.05) is 39.5 Å². The summed E-state index contributed by atoms with van der Waals surface area (Å²) in [6.45, 7) is 21.7. The minimum absolute atomic E-state index is 0.00987. The molecule has 0 aliphatic rings. The van der Waals surface area contributed by atoms with Crippen LogP contribution in [-0.4, -0.2) is 108 Å². The Morgan fingerprint density at radius 2 is 1.48 bits per heavy atom. The van der Waals surface area contributed by atoms with Crippen LogP contribution in [0.4, 0.5) is 0 Å². The lowest BCUT2D eigenvalue weighted by atomic mass is 9.90. The van der Waals surface area contributed by atoms with Gasteiger partial charge in [-0.15, -0.1) is 0 Å². The monoisotopic (exact) mass is 609 g/mol. The van der Waals surface area contributed by atoms with Crippen LogP contribution in [0, 0.1) is 16.7 Å². The van der Waals surface area contributed by atoms with Crippen LogP contribution in [0.3, 0.4) is 0 Å². The van der Waals surface area contributed by atoms with Gasteiger partial charge in [0.25, 0.3) is 0 Å². The summed E-state index contributed by atoms with van der Waals surface area (Å²) in [5.41, 5.74) is 11.7. The predicted octanol–water partition coefficient (Wildman–Crippen LogP) is 1.69. The molecule has 0 aliphatic heterocycles. The van der Waals surface area contributed by atoms with Crippen molar-refractivity contribution in [3.8, 4) is 0 Å². The maximum absolute atomic E-state index is 12.4. The molecule has 0 unspecified atom stereocenters. The van der Waals surface area contributed by atoms with E-state index in [1.165, 1.54) is 0 Å². The molecule has 0 spiro atoms. The summed E-state index contributed by atoms with van der Waals surface area (Å²) in [7, 11) is 2.69. The van der Waals surface area contributed by atoms with Gasteiger partial charge in [0.1, 0.15) is 6.29 Å². The number of aldehydes is 1. The van der Waals surface area contributed by atoms with Crippen molar-refractivity contribution in [2.75, 3.05) is 79.8 Å². The zero-order valence-electron chi connectivity index (χ0n) is 28.6. The van der Waals surface area contributed by atoms with E-state index >= 15 is 0 Å². The van der Waals surface area contributed by atoms with Gasteiger partial charge >= 0.3 is 0 Å². The fourth-order valence-electron chi connectivity index (χ4n) is 3.11. The summed E-state index contributed by atoms with van der Waals surface area (Å²) < 4.78 is 5.63. The molecule has 254 valence electrons. The van der Waals surface area contributed by atoms with Crippen LogP contribution >= 0.6 is 0 Å². The van der Waals surface area contributed by atoms with Crippen LogP contribution in [0.5, 0.6) is 0 Å². The molecule has 42 heavy (non-hydrogen) atoms. The quantitative estimate of drug-likeness (QED) is 0.0637. The Bertz CT molecular complexity index is 619. The summed E-state index contributed by atoms with van der Waals surface area (Å²) in [6, 6.07) is 0. The maximum atomic E-state index is 12.4. The van der Waals surface area contributed by atoms with Crippen LogP contribution in [-0.2, 0) is 24.0 Å². The molecule has 0 aromatic rings. The number of hydrogen-bond acceptors (Lipinski definition) is 10. The van der Waals surface area contributed by atoms with Gasteiger partial charge in [-0.3, -0.25) is 14.5 Å². The number of aliphatic hydroxyl groups is 1. The number of carbonyl (C=O) groups is 3. The third-order valence-corrected chi connectivity index (χ3v) is 5.31. The average molecular weight is 609 g/mol. The molecule has 0 saturated carbocycles. The summed E-state index contributed by atoms with van der Waals surface area (Å²) in [5.74, 6) is 0.397. The fraction of sp³-hybridized carbons (Fsp3) is 0.900. The lowest BCUT2D eigenvalue weighted by Gasteiger charge is -2.25. The number of nitrogens with two attached hydrogens (primary N) is 2. The first-order valence-electron chi connectivity index (χ1n) is 15.2. The number of hydroxylamine groups is 1. The van der Waals surface area contributed by atoms with E-state index in [4.69, 9.17) is 26.1 Å². The molecule has 0 aliphatic carbocycles. The molecule has 0 bridgehead atoms. The number of carbonyl (C=O) groups excluding carboxylic acids is 3. The van der Waals surface area contributed by atoms with E-state index in [1.54, 1.807) is 7.05 Å². The number of nitrogens with one attached hydrogen (secondary N) is 3. The highest BCUT2D eigenvalue weighted by Gasteiger charge is 2.27. The van der Waals surface area contributed by atoms with Gasteiger partial charge in [-0.1, -0.05) is 41.5 Å². The van der Waals surface area contributed by atoms with E-state index < -0.39 is 5.41 Å². The highest BCUT2D eigenvalue weighted by atomic mass is 16.6. The predicted molar refractivity (Wildman–Crippen MR) is 173 cm³/mol. The van der Waals surface area contributed by atoms with E-state index in [0.29, 0.717) is 64.9 Å². The first-order valence-corrected chi connectivity index (χ1v) is 15.2. The zero-order chi connectivity index (χ0) is 33.5.